The van der Waals surface area contributed by atoms with E-state index in [4.69, 9.17) is 33.7 Å². The molecule has 0 fully saturated rings. The lowest BCUT2D eigenvalue weighted by molar-refractivity contribution is 0.398. The van der Waals surface area contributed by atoms with Gasteiger partial charge in [-0.25, -0.2) is 10.1 Å². The fourth-order valence-corrected chi connectivity index (χ4v) is 2.70. The second kappa shape index (κ2) is 6.31. The van der Waals surface area contributed by atoms with Crippen LogP contribution in [0, 0.1) is 0 Å². The second-order valence-corrected chi connectivity index (χ2v) is 5.36. The fourth-order valence-electron chi connectivity index (χ4n) is 2.02. The zero-order valence-corrected chi connectivity index (χ0v) is 13.5. The molecular weight excluding hydrogens is 339 g/mol. The summed E-state index contributed by atoms with van der Waals surface area (Å²) in [6.07, 6.45) is 0. The molecule has 0 atom stereocenters. The molecule has 0 saturated carbocycles. The minimum atomic E-state index is 0.210. The van der Waals surface area contributed by atoms with Crippen LogP contribution in [0.1, 0.15) is 0 Å². The Kier molecular flexibility index (Phi) is 4.22. The lowest BCUT2D eigenvalue weighted by Gasteiger charge is -2.10. The van der Waals surface area contributed by atoms with E-state index in [0.717, 1.165) is 0 Å². The third-order valence-corrected chi connectivity index (χ3v) is 3.59. The Morgan fingerprint density at radius 3 is 2.52 bits per heavy atom. The summed E-state index contributed by atoms with van der Waals surface area (Å²) in [6, 6.07) is 8.77. The van der Waals surface area contributed by atoms with E-state index in [-0.39, 0.29) is 5.95 Å². The average molecular weight is 351 g/mol. The summed E-state index contributed by atoms with van der Waals surface area (Å²) in [6.45, 7) is 0. The van der Waals surface area contributed by atoms with Crippen molar-refractivity contribution < 1.29 is 4.74 Å². The third-order valence-electron chi connectivity index (χ3n) is 2.99. The molecule has 3 aromatic rings. The van der Waals surface area contributed by atoms with E-state index in [2.05, 4.69) is 25.5 Å². The van der Waals surface area contributed by atoms with Crippen molar-refractivity contribution in [2.24, 2.45) is 0 Å². The highest BCUT2D eigenvalue weighted by molar-refractivity contribution is 6.39. The van der Waals surface area contributed by atoms with Crippen molar-refractivity contribution in [3.05, 3.63) is 40.4 Å². The van der Waals surface area contributed by atoms with Gasteiger partial charge in [0.05, 0.1) is 22.8 Å². The smallest absolute Gasteiger partial charge is 0.248 e. The first-order chi connectivity index (χ1) is 11.1. The van der Waals surface area contributed by atoms with Gasteiger partial charge in [-0.3, -0.25) is 0 Å². The van der Waals surface area contributed by atoms with Crippen molar-refractivity contribution in [1.29, 1.82) is 0 Å². The number of nitrogens with two attached hydrogens (primary N) is 1. The number of pyridine rings is 1. The van der Waals surface area contributed by atoms with Gasteiger partial charge in [-0.05, 0) is 18.2 Å². The van der Waals surface area contributed by atoms with Crippen LogP contribution in [0.15, 0.2) is 30.3 Å². The van der Waals surface area contributed by atoms with E-state index < -0.39 is 0 Å². The number of ether oxygens (including phenoxy) is 1. The number of nitrogens with zero attached hydrogens (tertiary/aromatic N) is 3. The number of nitrogens with one attached hydrogen (secondary N) is 2. The van der Waals surface area contributed by atoms with Crippen molar-refractivity contribution in [1.82, 2.24) is 20.2 Å². The molecule has 2 heterocycles. The molecule has 0 unspecified atom stereocenters. The molecule has 2 aromatic heterocycles. The molecule has 3 rings (SSSR count). The van der Waals surface area contributed by atoms with E-state index in [1.165, 1.54) is 0 Å². The Labute approximate surface area is 141 Å². The summed E-state index contributed by atoms with van der Waals surface area (Å²) in [5, 5.41) is 10.2. The van der Waals surface area contributed by atoms with Gasteiger partial charge in [-0.1, -0.05) is 29.3 Å². The number of H-pyrrole nitrogens is 1. The highest BCUT2D eigenvalue weighted by atomic mass is 35.5. The van der Waals surface area contributed by atoms with Crippen LogP contribution >= 0.6 is 23.2 Å². The van der Waals surface area contributed by atoms with E-state index >= 15 is 0 Å². The lowest BCUT2D eigenvalue weighted by atomic mass is 10.1. The Bertz CT molecular complexity index is 828. The van der Waals surface area contributed by atoms with Gasteiger partial charge in [0.2, 0.25) is 17.8 Å². The number of halogens is 2. The molecule has 7 nitrogen and oxygen atoms in total. The van der Waals surface area contributed by atoms with Crippen LogP contribution in [0.5, 0.6) is 5.88 Å². The van der Waals surface area contributed by atoms with Crippen molar-refractivity contribution in [2.45, 2.75) is 0 Å². The highest BCUT2D eigenvalue weighted by Crippen LogP contribution is 2.37. The van der Waals surface area contributed by atoms with E-state index in [0.29, 0.717) is 38.8 Å². The van der Waals surface area contributed by atoms with Crippen LogP contribution in [-0.4, -0.2) is 27.3 Å². The zero-order chi connectivity index (χ0) is 16.4. The number of aromatic amines is 1. The largest absolute Gasteiger partial charge is 0.481 e. The van der Waals surface area contributed by atoms with Crippen LogP contribution in [0.3, 0.4) is 0 Å². The normalized spacial score (nSPS) is 10.6. The van der Waals surface area contributed by atoms with Crippen molar-refractivity contribution in [3.63, 3.8) is 0 Å². The molecule has 1 aromatic carbocycles. The number of nitrogen functional groups attached to an aromatic ring is 1. The first-order valence-electron chi connectivity index (χ1n) is 6.52. The molecule has 0 aliphatic rings. The molecule has 118 valence electrons. The summed E-state index contributed by atoms with van der Waals surface area (Å²) in [5.41, 5.74) is 7.34. The van der Waals surface area contributed by atoms with E-state index in [1.54, 1.807) is 31.4 Å². The number of hydrogen-bond donors (Lipinski definition) is 3. The van der Waals surface area contributed by atoms with Crippen LogP contribution in [0.2, 0.25) is 10.0 Å². The minimum absolute atomic E-state index is 0.210. The maximum Gasteiger partial charge on any atom is 0.248 e. The van der Waals surface area contributed by atoms with Gasteiger partial charge in [-0.15, -0.1) is 5.10 Å². The zero-order valence-electron chi connectivity index (χ0n) is 12.0. The molecule has 23 heavy (non-hydrogen) atoms. The summed E-state index contributed by atoms with van der Waals surface area (Å²) in [7, 11) is 1.55. The molecule has 0 spiro atoms. The first-order valence-corrected chi connectivity index (χ1v) is 7.28. The predicted molar refractivity (Wildman–Crippen MR) is 90.3 cm³/mol. The monoisotopic (exact) mass is 350 g/mol. The number of hydrogen-bond acceptors (Lipinski definition) is 6. The van der Waals surface area contributed by atoms with Gasteiger partial charge in [0.1, 0.15) is 0 Å². The van der Waals surface area contributed by atoms with Gasteiger partial charge in [0.15, 0.2) is 0 Å². The van der Waals surface area contributed by atoms with Crippen molar-refractivity contribution in [2.75, 3.05) is 18.2 Å². The summed E-state index contributed by atoms with van der Waals surface area (Å²) in [5.74, 6) is 1.01. The number of rotatable bonds is 4. The Morgan fingerprint density at radius 1 is 1.17 bits per heavy atom. The van der Waals surface area contributed by atoms with E-state index in [9.17, 15) is 0 Å². The molecule has 4 N–H and O–H groups in total. The van der Waals surface area contributed by atoms with Crippen LogP contribution in [-0.2, 0) is 0 Å². The minimum Gasteiger partial charge on any atom is -0.481 e. The third kappa shape index (κ3) is 3.30. The Morgan fingerprint density at radius 2 is 1.91 bits per heavy atom. The van der Waals surface area contributed by atoms with Gasteiger partial charge >= 0.3 is 0 Å². The van der Waals surface area contributed by atoms with Crippen LogP contribution < -0.4 is 15.8 Å². The molecule has 0 radical (unpaired) electrons. The number of anilines is 3. The molecule has 0 aliphatic carbocycles. The molecule has 0 bridgehead atoms. The first kappa shape index (κ1) is 15.4. The second-order valence-electron chi connectivity index (χ2n) is 4.55. The average Bonchev–Trinajstić information content (AvgIpc) is 2.92. The van der Waals surface area contributed by atoms with Crippen LogP contribution in [0.4, 0.5) is 17.6 Å². The summed E-state index contributed by atoms with van der Waals surface area (Å²) >= 11 is 12.7. The van der Waals surface area contributed by atoms with Crippen molar-refractivity contribution in [3.8, 4) is 17.1 Å². The highest BCUT2D eigenvalue weighted by Gasteiger charge is 2.13. The summed E-state index contributed by atoms with van der Waals surface area (Å²) in [4.78, 5) is 8.30. The molecule has 0 amide bonds. The van der Waals surface area contributed by atoms with Gasteiger partial charge in [-0.2, -0.15) is 4.98 Å². The molecule has 0 aliphatic heterocycles. The van der Waals surface area contributed by atoms with Crippen LogP contribution in [0.25, 0.3) is 11.3 Å². The maximum absolute atomic E-state index is 6.36. The number of benzene rings is 1. The summed E-state index contributed by atoms with van der Waals surface area (Å²) < 4.78 is 5.12. The van der Waals surface area contributed by atoms with Gasteiger partial charge < -0.3 is 15.8 Å². The Hall–Kier alpha value is -2.51. The van der Waals surface area contributed by atoms with E-state index in [1.807, 2.05) is 6.07 Å². The topological polar surface area (TPSA) is 102 Å². The van der Waals surface area contributed by atoms with Gasteiger partial charge in [0, 0.05) is 17.3 Å². The molecular formula is C14H12Cl2N6O. The lowest BCUT2D eigenvalue weighted by Crippen LogP contribution is -1.95. The van der Waals surface area contributed by atoms with Crippen molar-refractivity contribution >= 4 is 40.8 Å². The number of aromatic nitrogens is 4. The quantitative estimate of drug-likeness (QED) is 0.665. The molecule has 9 heteroatoms. The SMILES string of the molecule is COc1cccc(-c2c(Cl)cc(Nc3n[nH]c(N)n3)cc2Cl)n1. The fraction of sp³-hybridized carbons (Fsp3) is 0.0714. The van der Waals surface area contributed by atoms with Gasteiger partial charge in [0.25, 0.3) is 0 Å². The maximum atomic E-state index is 6.36. The Balaban J connectivity index is 1.96. The standard InChI is InChI=1S/C14H12Cl2N6O/c1-23-11-4-2-3-10(19-11)12-8(15)5-7(6-9(12)16)18-14-20-13(17)21-22-14/h2-6H,1H3,(H4,17,18,20,21,22). The number of methoxy groups -OCH3 is 1. The molecule has 0 saturated heterocycles. The predicted octanol–water partition coefficient (Wildman–Crippen LogP) is 3.51.